The molecule has 3 aromatic rings. The molecule has 26 heavy (non-hydrogen) atoms. The average Bonchev–Trinajstić information content (AvgIpc) is 3.11. The number of nitrogens with one attached hydrogen (secondary N) is 3. The van der Waals surface area contributed by atoms with Crippen LogP contribution in [0.2, 0.25) is 0 Å². The fourth-order valence-electron chi connectivity index (χ4n) is 2.92. The fraction of sp³-hybridized carbons (Fsp3) is 0.263. The normalized spacial score (nSPS) is 16.8. The first-order valence-electron chi connectivity index (χ1n) is 8.42. The van der Waals surface area contributed by atoms with Crippen molar-refractivity contribution in [3.63, 3.8) is 0 Å². The summed E-state index contributed by atoms with van der Waals surface area (Å²) in [6.45, 7) is 2.30. The second kappa shape index (κ2) is 8.31. The molecule has 7 heteroatoms. The van der Waals surface area contributed by atoms with Crippen molar-refractivity contribution in [2.45, 2.75) is 12.6 Å². The second-order valence-corrected chi connectivity index (χ2v) is 6.10. The Hall–Kier alpha value is -2.41. The number of benzene rings is 2. The van der Waals surface area contributed by atoms with Crippen LogP contribution >= 0.6 is 12.4 Å². The summed E-state index contributed by atoms with van der Waals surface area (Å²) in [6, 6.07) is 15.8. The van der Waals surface area contributed by atoms with Gasteiger partial charge in [-0.2, -0.15) is 0 Å². The van der Waals surface area contributed by atoms with Gasteiger partial charge in [0.25, 0.3) is 0 Å². The molecule has 1 unspecified atom stereocenters. The van der Waals surface area contributed by atoms with Gasteiger partial charge in [-0.05, 0) is 17.7 Å². The molecular formula is C19H21ClN4O2. The number of amides is 1. The molecule has 4 rings (SSSR count). The molecule has 0 saturated carbocycles. The predicted octanol–water partition coefficient (Wildman–Crippen LogP) is 2.26. The largest absolute Gasteiger partial charge is 0.378 e. The Balaban J connectivity index is 0.00000196. The number of para-hydroxylation sites is 2. The Morgan fingerprint density at radius 1 is 1.19 bits per heavy atom. The van der Waals surface area contributed by atoms with Crippen molar-refractivity contribution in [1.29, 1.82) is 0 Å². The first-order chi connectivity index (χ1) is 12.3. The fourth-order valence-corrected chi connectivity index (χ4v) is 2.92. The molecule has 0 spiro atoms. The lowest BCUT2D eigenvalue weighted by molar-refractivity contribution is -0.126. The van der Waals surface area contributed by atoms with Crippen LogP contribution in [0.4, 0.5) is 0 Å². The maximum atomic E-state index is 12.1. The number of H-pyrrole nitrogens is 1. The summed E-state index contributed by atoms with van der Waals surface area (Å²) in [5.74, 6) is 0.821. The second-order valence-electron chi connectivity index (χ2n) is 6.10. The van der Waals surface area contributed by atoms with Gasteiger partial charge in [0.15, 0.2) is 0 Å². The average molecular weight is 373 g/mol. The van der Waals surface area contributed by atoms with Gasteiger partial charge in [0.1, 0.15) is 11.9 Å². The maximum absolute atomic E-state index is 12.1. The summed E-state index contributed by atoms with van der Waals surface area (Å²) in [5.41, 5.74) is 4.05. The number of morpholine rings is 1. The Morgan fingerprint density at radius 2 is 2.00 bits per heavy atom. The van der Waals surface area contributed by atoms with Gasteiger partial charge in [-0.15, -0.1) is 12.4 Å². The van der Waals surface area contributed by atoms with Crippen LogP contribution in [-0.4, -0.2) is 41.7 Å². The Bertz CT molecular complexity index is 840. The van der Waals surface area contributed by atoms with Gasteiger partial charge in [-0.25, -0.2) is 4.98 Å². The Labute approximate surface area is 157 Å². The van der Waals surface area contributed by atoms with Gasteiger partial charge in [0, 0.05) is 18.7 Å². The minimum absolute atomic E-state index is 0. The summed E-state index contributed by atoms with van der Waals surface area (Å²) >= 11 is 0. The number of hydrogen-bond acceptors (Lipinski definition) is 4. The smallest absolute Gasteiger partial charge is 0.239 e. The minimum Gasteiger partial charge on any atom is -0.378 e. The van der Waals surface area contributed by atoms with Crippen molar-refractivity contribution in [3.05, 3.63) is 54.1 Å². The van der Waals surface area contributed by atoms with Crippen LogP contribution in [0.25, 0.3) is 22.4 Å². The number of aromatic nitrogens is 2. The van der Waals surface area contributed by atoms with E-state index in [0.717, 1.165) is 28.0 Å². The number of halogens is 1. The molecule has 2 aromatic carbocycles. The van der Waals surface area contributed by atoms with Gasteiger partial charge in [-0.3, -0.25) is 4.79 Å². The summed E-state index contributed by atoms with van der Waals surface area (Å²) < 4.78 is 5.31. The van der Waals surface area contributed by atoms with E-state index in [1.54, 1.807) is 0 Å². The van der Waals surface area contributed by atoms with Gasteiger partial charge in [-0.1, -0.05) is 36.4 Å². The van der Waals surface area contributed by atoms with E-state index in [-0.39, 0.29) is 24.4 Å². The number of imidazole rings is 1. The number of nitrogens with zero attached hydrogens (tertiary/aromatic N) is 1. The molecule has 0 radical (unpaired) electrons. The first kappa shape index (κ1) is 18.4. The molecule has 3 N–H and O–H groups in total. The zero-order valence-corrected chi connectivity index (χ0v) is 15.0. The minimum atomic E-state index is -0.261. The van der Waals surface area contributed by atoms with E-state index in [2.05, 4.69) is 20.6 Å². The van der Waals surface area contributed by atoms with Crippen LogP contribution < -0.4 is 10.6 Å². The van der Waals surface area contributed by atoms with Crippen LogP contribution in [0.3, 0.4) is 0 Å². The topological polar surface area (TPSA) is 79.0 Å². The zero-order valence-electron chi connectivity index (χ0n) is 14.2. The number of rotatable bonds is 4. The van der Waals surface area contributed by atoms with E-state index >= 15 is 0 Å². The third-order valence-corrected chi connectivity index (χ3v) is 4.32. The molecule has 1 atom stereocenters. The summed E-state index contributed by atoms with van der Waals surface area (Å²) in [7, 11) is 0. The van der Waals surface area contributed by atoms with Crippen molar-refractivity contribution >= 4 is 29.3 Å². The molecule has 0 bridgehead atoms. The zero-order chi connectivity index (χ0) is 17.1. The van der Waals surface area contributed by atoms with Crippen molar-refractivity contribution in [2.75, 3.05) is 19.8 Å². The molecule has 0 aliphatic carbocycles. The van der Waals surface area contributed by atoms with E-state index in [9.17, 15) is 4.79 Å². The summed E-state index contributed by atoms with van der Waals surface area (Å²) in [4.78, 5) is 20.0. The molecule has 1 fully saturated rings. The van der Waals surface area contributed by atoms with Crippen LogP contribution in [0.1, 0.15) is 5.56 Å². The molecular weight excluding hydrogens is 352 g/mol. The highest BCUT2D eigenvalue weighted by atomic mass is 35.5. The standard InChI is InChI=1S/C19H20N4O2.ClH/c24-19(17-12-25-10-9-20-17)21-11-13-5-7-14(8-6-13)18-22-15-3-1-2-4-16(15)23-18;/h1-8,17,20H,9-12H2,(H,21,24)(H,22,23);1H. The van der Waals surface area contributed by atoms with Crippen molar-refractivity contribution in [2.24, 2.45) is 0 Å². The Kier molecular flexibility index (Phi) is 5.88. The molecule has 1 aliphatic rings. The lowest BCUT2D eigenvalue weighted by Gasteiger charge is -2.22. The number of carbonyl (C=O) groups is 1. The molecule has 1 amide bonds. The highest BCUT2D eigenvalue weighted by molar-refractivity contribution is 5.85. The van der Waals surface area contributed by atoms with Gasteiger partial charge in [0.05, 0.1) is 24.2 Å². The molecule has 2 heterocycles. The molecule has 1 aliphatic heterocycles. The number of fused-ring (bicyclic) bond motifs is 1. The summed E-state index contributed by atoms with van der Waals surface area (Å²) in [5, 5.41) is 6.09. The molecule has 1 aromatic heterocycles. The predicted molar refractivity (Wildman–Crippen MR) is 103 cm³/mol. The van der Waals surface area contributed by atoms with E-state index < -0.39 is 0 Å². The number of carbonyl (C=O) groups excluding carboxylic acids is 1. The van der Waals surface area contributed by atoms with E-state index in [0.29, 0.717) is 26.3 Å². The monoisotopic (exact) mass is 372 g/mol. The number of ether oxygens (including phenoxy) is 1. The van der Waals surface area contributed by atoms with Gasteiger partial charge in [0.2, 0.25) is 5.91 Å². The summed E-state index contributed by atoms with van der Waals surface area (Å²) in [6.07, 6.45) is 0. The quantitative estimate of drug-likeness (QED) is 0.656. The molecule has 1 saturated heterocycles. The first-order valence-corrected chi connectivity index (χ1v) is 8.42. The Morgan fingerprint density at radius 3 is 2.73 bits per heavy atom. The lowest BCUT2D eigenvalue weighted by atomic mass is 10.1. The van der Waals surface area contributed by atoms with Crippen molar-refractivity contribution < 1.29 is 9.53 Å². The highest BCUT2D eigenvalue weighted by Crippen LogP contribution is 2.20. The SMILES string of the molecule is Cl.O=C(NCc1ccc(-c2nc3ccccc3[nH]2)cc1)C1COCCN1. The van der Waals surface area contributed by atoms with E-state index in [1.165, 1.54) is 0 Å². The van der Waals surface area contributed by atoms with Crippen molar-refractivity contribution in [3.8, 4) is 11.4 Å². The third-order valence-electron chi connectivity index (χ3n) is 4.32. The molecule has 136 valence electrons. The van der Waals surface area contributed by atoms with Crippen LogP contribution in [0, 0.1) is 0 Å². The molecule has 6 nitrogen and oxygen atoms in total. The van der Waals surface area contributed by atoms with Crippen LogP contribution in [0.5, 0.6) is 0 Å². The van der Waals surface area contributed by atoms with Crippen LogP contribution in [-0.2, 0) is 16.1 Å². The van der Waals surface area contributed by atoms with Gasteiger partial charge >= 0.3 is 0 Å². The highest BCUT2D eigenvalue weighted by Gasteiger charge is 2.20. The van der Waals surface area contributed by atoms with E-state index in [4.69, 9.17) is 4.74 Å². The van der Waals surface area contributed by atoms with E-state index in [1.807, 2.05) is 48.5 Å². The number of aromatic amines is 1. The number of hydrogen-bond donors (Lipinski definition) is 3. The maximum Gasteiger partial charge on any atom is 0.239 e. The lowest BCUT2D eigenvalue weighted by Crippen LogP contribution is -2.51. The van der Waals surface area contributed by atoms with Gasteiger partial charge < -0.3 is 20.4 Å². The van der Waals surface area contributed by atoms with Crippen molar-refractivity contribution in [1.82, 2.24) is 20.6 Å². The third kappa shape index (κ3) is 4.04. The van der Waals surface area contributed by atoms with Crippen LogP contribution in [0.15, 0.2) is 48.5 Å².